The summed E-state index contributed by atoms with van der Waals surface area (Å²) in [7, 11) is -0.193. The molecule has 3 atom stereocenters. The van der Waals surface area contributed by atoms with E-state index >= 15 is 0 Å². The van der Waals surface area contributed by atoms with Crippen molar-refractivity contribution in [2.75, 3.05) is 0 Å². The smallest absolute Gasteiger partial charge is 0.0739 e. The molecule has 0 aromatic heterocycles. The first kappa shape index (κ1) is 17.9. The minimum Gasteiger partial charge on any atom is -0.357 e. The molecule has 0 N–H and O–H groups in total. The van der Waals surface area contributed by atoms with Gasteiger partial charge in [0.15, 0.2) is 0 Å². The molecule has 2 heterocycles. The number of hydrogen-bond donors (Lipinski definition) is 0. The summed E-state index contributed by atoms with van der Waals surface area (Å²) in [6, 6.07) is 9.63. The van der Waals surface area contributed by atoms with Gasteiger partial charge in [-0.1, -0.05) is 76.7 Å². The second-order valence-corrected chi connectivity index (χ2v) is 10.1. The number of hydrogen-bond acceptors (Lipinski definition) is 1. The largest absolute Gasteiger partial charge is 0.357 e. The van der Waals surface area contributed by atoms with Crippen molar-refractivity contribution in [3.63, 3.8) is 0 Å². The molecule has 138 valence electrons. The lowest BCUT2D eigenvalue weighted by Gasteiger charge is -2.65. The third kappa shape index (κ3) is 2.14. The van der Waals surface area contributed by atoms with Crippen LogP contribution in [-0.2, 0) is 5.41 Å². The van der Waals surface area contributed by atoms with E-state index in [9.17, 15) is 0 Å². The van der Waals surface area contributed by atoms with E-state index in [4.69, 9.17) is 0 Å². The van der Waals surface area contributed by atoms with Crippen molar-refractivity contribution in [3.8, 4) is 0 Å². The molecule has 0 radical (unpaired) electrons. The predicted molar refractivity (Wildman–Crippen MR) is 115 cm³/mol. The Balaban J connectivity index is 1.93. The summed E-state index contributed by atoms with van der Waals surface area (Å²) in [4.78, 5) is 2.74. The molecule has 0 saturated carbocycles. The maximum Gasteiger partial charge on any atom is 0.0739 e. The van der Waals surface area contributed by atoms with Crippen molar-refractivity contribution in [2.24, 2.45) is 5.92 Å². The minimum absolute atomic E-state index is 0.148. The summed E-state index contributed by atoms with van der Waals surface area (Å²) in [6.07, 6.45) is 13.8. The SMILES string of the molecule is CCC12C=CC1(CC)N1C=C([SiH2]C)C(CC(C)C)=CC1c1ccccc12. The van der Waals surface area contributed by atoms with Gasteiger partial charge in [0.05, 0.1) is 21.1 Å². The van der Waals surface area contributed by atoms with Crippen molar-refractivity contribution in [1.82, 2.24) is 4.90 Å². The first-order valence-corrected chi connectivity index (χ1v) is 12.6. The highest BCUT2D eigenvalue weighted by molar-refractivity contribution is 6.45. The number of rotatable bonds is 5. The Hall–Kier alpha value is -1.54. The lowest BCUT2D eigenvalue weighted by molar-refractivity contribution is 0.0429. The molecule has 0 spiro atoms. The molecule has 1 nitrogen and oxygen atoms in total. The number of benzene rings is 1. The second-order valence-electron chi connectivity index (χ2n) is 8.67. The molecular weight excluding hydrogens is 330 g/mol. The van der Waals surface area contributed by atoms with Crippen LogP contribution < -0.4 is 0 Å². The van der Waals surface area contributed by atoms with Crippen molar-refractivity contribution in [2.45, 2.75) is 70.5 Å². The van der Waals surface area contributed by atoms with Gasteiger partial charge in [-0.3, -0.25) is 0 Å². The van der Waals surface area contributed by atoms with E-state index in [0.29, 0.717) is 12.0 Å². The number of nitrogens with zero attached hydrogens (tertiary/aromatic N) is 1. The van der Waals surface area contributed by atoms with Gasteiger partial charge in [-0.25, -0.2) is 0 Å². The van der Waals surface area contributed by atoms with Gasteiger partial charge in [-0.15, -0.1) is 0 Å². The highest BCUT2D eigenvalue weighted by Gasteiger charge is 2.61. The first-order valence-electron chi connectivity index (χ1n) is 10.5. The van der Waals surface area contributed by atoms with Crippen LogP contribution in [0.5, 0.6) is 0 Å². The topological polar surface area (TPSA) is 3.24 Å². The standard InChI is InChI=1S/C24H33NSi/c1-6-23-12-13-24(23,7-2)25-16-22(26-5)18(14-17(3)4)15-21(25)19-10-8-9-11-20(19)23/h8-13,15-17,21H,6-7,14,26H2,1-5H3. The second kappa shape index (κ2) is 6.26. The zero-order chi connectivity index (χ0) is 18.5. The average Bonchev–Trinajstić information content (AvgIpc) is 2.62. The molecule has 1 aromatic rings. The molecule has 0 saturated heterocycles. The molecule has 4 rings (SSSR count). The van der Waals surface area contributed by atoms with Crippen LogP contribution in [0.15, 0.2) is 59.5 Å². The van der Waals surface area contributed by atoms with Crippen molar-refractivity contribution in [3.05, 3.63) is 70.6 Å². The van der Waals surface area contributed by atoms with E-state index in [1.54, 1.807) is 16.3 Å². The first-order chi connectivity index (χ1) is 12.5. The molecular formula is C24H33NSi. The molecule has 3 aliphatic rings. The minimum atomic E-state index is -0.193. The average molecular weight is 364 g/mol. The van der Waals surface area contributed by atoms with Gasteiger partial charge in [0.1, 0.15) is 0 Å². The molecule has 0 fully saturated rings. The Bertz CT molecular complexity index is 802. The molecule has 2 heteroatoms. The van der Waals surface area contributed by atoms with Gasteiger partial charge in [0.2, 0.25) is 0 Å². The maximum atomic E-state index is 2.74. The maximum absolute atomic E-state index is 2.74. The van der Waals surface area contributed by atoms with Gasteiger partial charge in [-0.2, -0.15) is 0 Å². The summed E-state index contributed by atoms with van der Waals surface area (Å²) in [6.45, 7) is 11.9. The molecule has 2 aliphatic heterocycles. The summed E-state index contributed by atoms with van der Waals surface area (Å²) in [5.41, 5.74) is 5.05. The van der Waals surface area contributed by atoms with Gasteiger partial charge < -0.3 is 4.90 Å². The molecule has 3 unspecified atom stereocenters. The summed E-state index contributed by atoms with van der Waals surface area (Å²) >= 11 is 0. The van der Waals surface area contributed by atoms with E-state index in [-0.39, 0.29) is 20.5 Å². The van der Waals surface area contributed by atoms with Crippen LogP contribution in [0.25, 0.3) is 0 Å². The molecule has 1 aromatic carbocycles. The fraction of sp³-hybridized carbons (Fsp3) is 0.500. The van der Waals surface area contributed by atoms with Gasteiger partial charge in [0, 0.05) is 5.41 Å². The van der Waals surface area contributed by atoms with Crippen LogP contribution in [0, 0.1) is 5.92 Å². The van der Waals surface area contributed by atoms with Crippen molar-refractivity contribution >= 4 is 9.52 Å². The highest BCUT2D eigenvalue weighted by Crippen LogP contribution is 2.61. The van der Waals surface area contributed by atoms with Crippen molar-refractivity contribution in [1.29, 1.82) is 0 Å². The van der Waals surface area contributed by atoms with Crippen LogP contribution in [0.1, 0.15) is 64.1 Å². The molecule has 26 heavy (non-hydrogen) atoms. The van der Waals surface area contributed by atoms with E-state index < -0.39 is 0 Å². The number of allylic oxidation sites excluding steroid dienone is 2. The normalized spacial score (nSPS) is 32.1. The molecule has 0 bridgehead atoms. The fourth-order valence-electron chi connectivity index (χ4n) is 5.78. The summed E-state index contributed by atoms with van der Waals surface area (Å²) < 4.78 is 0. The summed E-state index contributed by atoms with van der Waals surface area (Å²) in [5, 5.41) is 1.67. The van der Waals surface area contributed by atoms with E-state index in [1.165, 1.54) is 24.8 Å². The third-order valence-electron chi connectivity index (χ3n) is 7.11. The highest BCUT2D eigenvalue weighted by atomic mass is 28.2. The van der Waals surface area contributed by atoms with E-state index in [0.717, 1.165) is 0 Å². The lowest BCUT2D eigenvalue weighted by Crippen LogP contribution is -2.67. The fourth-order valence-corrected chi connectivity index (χ4v) is 6.87. The third-order valence-corrected chi connectivity index (χ3v) is 8.51. The predicted octanol–water partition coefficient (Wildman–Crippen LogP) is 5.45. The lowest BCUT2D eigenvalue weighted by atomic mass is 9.51. The zero-order valence-electron chi connectivity index (χ0n) is 17.0. The Morgan fingerprint density at radius 3 is 2.46 bits per heavy atom. The Kier molecular flexibility index (Phi) is 4.30. The van der Waals surface area contributed by atoms with Gasteiger partial charge in [0.25, 0.3) is 0 Å². The van der Waals surface area contributed by atoms with Gasteiger partial charge in [-0.05, 0) is 53.3 Å². The molecule has 0 amide bonds. The quantitative estimate of drug-likeness (QED) is 0.496. The number of fused-ring (bicyclic) bond motifs is 6. The summed E-state index contributed by atoms with van der Waals surface area (Å²) in [5.74, 6) is 0.717. The Labute approximate surface area is 161 Å². The Morgan fingerprint density at radius 1 is 1.12 bits per heavy atom. The van der Waals surface area contributed by atoms with Crippen LogP contribution in [0.3, 0.4) is 0 Å². The van der Waals surface area contributed by atoms with Crippen LogP contribution in [0.2, 0.25) is 6.55 Å². The molecule has 1 aliphatic carbocycles. The van der Waals surface area contributed by atoms with E-state index in [1.807, 2.05) is 0 Å². The van der Waals surface area contributed by atoms with Crippen LogP contribution >= 0.6 is 0 Å². The monoisotopic (exact) mass is 363 g/mol. The van der Waals surface area contributed by atoms with Crippen LogP contribution in [-0.4, -0.2) is 20.0 Å². The van der Waals surface area contributed by atoms with Crippen LogP contribution in [0.4, 0.5) is 0 Å². The van der Waals surface area contributed by atoms with Gasteiger partial charge >= 0.3 is 0 Å². The Morgan fingerprint density at radius 2 is 1.88 bits per heavy atom. The zero-order valence-corrected chi connectivity index (χ0v) is 18.5. The van der Waals surface area contributed by atoms with E-state index in [2.05, 4.69) is 87.8 Å². The van der Waals surface area contributed by atoms with Crippen molar-refractivity contribution < 1.29 is 0 Å².